The van der Waals surface area contributed by atoms with Crippen LogP contribution in [0.15, 0.2) is 54.6 Å². The lowest BCUT2D eigenvalue weighted by Crippen LogP contribution is -1.74. The van der Waals surface area contributed by atoms with Crippen LogP contribution >= 0.6 is 0 Å². The van der Waals surface area contributed by atoms with Crippen LogP contribution in [0.25, 0.3) is 23.2 Å². The summed E-state index contributed by atoms with van der Waals surface area (Å²) in [5.74, 6) is 0.884. The van der Waals surface area contributed by atoms with E-state index in [0.29, 0.717) is 0 Å². The van der Waals surface area contributed by atoms with Crippen molar-refractivity contribution < 1.29 is 0 Å². The van der Waals surface area contributed by atoms with Gasteiger partial charge in [0, 0.05) is 0 Å². The first-order valence-corrected chi connectivity index (χ1v) is 5.60. The first kappa shape index (κ1) is 9.85. The maximum absolute atomic E-state index is 4.49. The zero-order valence-corrected chi connectivity index (χ0v) is 9.30. The molecule has 0 radical (unpaired) electrons. The van der Waals surface area contributed by atoms with E-state index >= 15 is 0 Å². The van der Waals surface area contributed by atoms with Crippen LogP contribution in [0.1, 0.15) is 11.4 Å². The number of hydrogen-bond donors (Lipinski definition) is 1. The molecule has 82 valence electrons. The molecular weight excluding hydrogens is 208 g/mol. The standard InChI is InChI=1S/C15H12N2/c1-2-6-12(7-3-1)10-11-15-16-13-8-4-5-9-14(13)17-15/h1-11H,(H,16,17)/b11-10-. The van der Waals surface area contributed by atoms with Crippen molar-refractivity contribution in [2.45, 2.75) is 0 Å². The van der Waals surface area contributed by atoms with Crippen LogP contribution in [-0.2, 0) is 0 Å². The van der Waals surface area contributed by atoms with Gasteiger partial charge in [-0.3, -0.25) is 0 Å². The molecule has 1 aromatic heterocycles. The monoisotopic (exact) mass is 220 g/mol. The normalized spacial score (nSPS) is 11.3. The minimum Gasteiger partial charge on any atom is -0.338 e. The molecule has 0 aliphatic carbocycles. The van der Waals surface area contributed by atoms with E-state index in [2.05, 4.69) is 28.2 Å². The van der Waals surface area contributed by atoms with Crippen LogP contribution in [-0.4, -0.2) is 9.97 Å². The Morgan fingerprint density at radius 1 is 0.824 bits per heavy atom. The zero-order valence-electron chi connectivity index (χ0n) is 9.30. The van der Waals surface area contributed by atoms with Gasteiger partial charge < -0.3 is 4.98 Å². The zero-order chi connectivity index (χ0) is 11.5. The van der Waals surface area contributed by atoms with Crippen LogP contribution < -0.4 is 0 Å². The van der Waals surface area contributed by atoms with Crippen LogP contribution in [0.3, 0.4) is 0 Å². The number of aromatic nitrogens is 2. The molecule has 0 atom stereocenters. The lowest BCUT2D eigenvalue weighted by Gasteiger charge is -1.89. The van der Waals surface area contributed by atoms with E-state index in [9.17, 15) is 0 Å². The van der Waals surface area contributed by atoms with E-state index in [1.807, 2.05) is 48.5 Å². The molecule has 0 spiro atoms. The molecule has 3 rings (SSSR count). The Kier molecular flexibility index (Phi) is 2.47. The van der Waals surface area contributed by atoms with Gasteiger partial charge in [0.15, 0.2) is 0 Å². The molecule has 0 aliphatic heterocycles. The molecule has 0 saturated carbocycles. The molecule has 0 bridgehead atoms. The number of fused-ring (bicyclic) bond motifs is 1. The minimum atomic E-state index is 0.884. The fourth-order valence-electron chi connectivity index (χ4n) is 1.79. The number of rotatable bonds is 2. The molecule has 17 heavy (non-hydrogen) atoms. The first-order valence-electron chi connectivity index (χ1n) is 5.60. The molecule has 0 fully saturated rings. The Labute approximate surface area is 99.6 Å². The molecule has 0 aliphatic rings. The molecule has 0 saturated heterocycles. The maximum Gasteiger partial charge on any atom is 0.131 e. The van der Waals surface area contributed by atoms with E-state index in [1.54, 1.807) is 0 Å². The van der Waals surface area contributed by atoms with Gasteiger partial charge in [0.25, 0.3) is 0 Å². The summed E-state index contributed by atoms with van der Waals surface area (Å²) < 4.78 is 0. The van der Waals surface area contributed by atoms with E-state index in [1.165, 1.54) is 5.56 Å². The van der Waals surface area contributed by atoms with Crippen molar-refractivity contribution in [2.24, 2.45) is 0 Å². The highest BCUT2D eigenvalue weighted by Gasteiger charge is 1.97. The number of hydrogen-bond acceptors (Lipinski definition) is 1. The van der Waals surface area contributed by atoms with Crippen molar-refractivity contribution in [1.29, 1.82) is 0 Å². The predicted molar refractivity (Wildman–Crippen MR) is 71.5 cm³/mol. The Balaban J connectivity index is 1.92. The number of H-pyrrole nitrogens is 1. The molecule has 0 unspecified atom stereocenters. The van der Waals surface area contributed by atoms with Crippen molar-refractivity contribution >= 4 is 23.2 Å². The molecule has 2 aromatic carbocycles. The lowest BCUT2D eigenvalue weighted by atomic mass is 10.2. The highest BCUT2D eigenvalue weighted by atomic mass is 14.9. The third-order valence-electron chi connectivity index (χ3n) is 2.64. The van der Waals surface area contributed by atoms with E-state index < -0.39 is 0 Å². The predicted octanol–water partition coefficient (Wildman–Crippen LogP) is 3.73. The Bertz CT molecular complexity index is 618. The summed E-state index contributed by atoms with van der Waals surface area (Å²) >= 11 is 0. The van der Waals surface area contributed by atoms with Crippen molar-refractivity contribution in [3.8, 4) is 0 Å². The average molecular weight is 220 g/mol. The molecule has 0 amide bonds. The topological polar surface area (TPSA) is 28.7 Å². The van der Waals surface area contributed by atoms with Gasteiger partial charge in [-0.1, -0.05) is 48.5 Å². The van der Waals surface area contributed by atoms with Crippen LogP contribution in [0.4, 0.5) is 0 Å². The fraction of sp³-hybridized carbons (Fsp3) is 0. The van der Waals surface area contributed by atoms with Crippen LogP contribution in [0.5, 0.6) is 0 Å². The average Bonchev–Trinajstić information content (AvgIpc) is 2.80. The summed E-state index contributed by atoms with van der Waals surface area (Å²) in [5, 5.41) is 0. The summed E-state index contributed by atoms with van der Waals surface area (Å²) in [5.41, 5.74) is 3.24. The highest BCUT2D eigenvalue weighted by Crippen LogP contribution is 2.12. The first-order chi connectivity index (χ1) is 8.42. The van der Waals surface area contributed by atoms with Crippen molar-refractivity contribution in [3.63, 3.8) is 0 Å². The van der Waals surface area contributed by atoms with Gasteiger partial charge >= 0.3 is 0 Å². The Hall–Kier alpha value is -2.35. The van der Waals surface area contributed by atoms with Crippen molar-refractivity contribution in [1.82, 2.24) is 9.97 Å². The van der Waals surface area contributed by atoms with Crippen LogP contribution in [0.2, 0.25) is 0 Å². The Morgan fingerprint density at radius 3 is 2.41 bits per heavy atom. The number of nitrogens with zero attached hydrogens (tertiary/aromatic N) is 1. The summed E-state index contributed by atoms with van der Waals surface area (Å²) in [6.07, 6.45) is 4.05. The van der Waals surface area contributed by atoms with Crippen LogP contribution in [0, 0.1) is 0 Å². The number of para-hydroxylation sites is 2. The lowest BCUT2D eigenvalue weighted by molar-refractivity contribution is 1.29. The van der Waals surface area contributed by atoms with Gasteiger partial charge in [-0.25, -0.2) is 4.98 Å². The third-order valence-corrected chi connectivity index (χ3v) is 2.64. The van der Waals surface area contributed by atoms with Gasteiger partial charge in [0.2, 0.25) is 0 Å². The van der Waals surface area contributed by atoms with E-state index in [0.717, 1.165) is 16.9 Å². The smallest absolute Gasteiger partial charge is 0.131 e. The second-order valence-corrected chi connectivity index (χ2v) is 3.88. The van der Waals surface area contributed by atoms with E-state index in [4.69, 9.17) is 0 Å². The second kappa shape index (κ2) is 4.26. The molecule has 1 heterocycles. The van der Waals surface area contributed by atoms with Gasteiger partial charge in [0.05, 0.1) is 11.0 Å². The number of nitrogens with one attached hydrogen (secondary N) is 1. The van der Waals surface area contributed by atoms with Gasteiger partial charge in [-0.15, -0.1) is 0 Å². The summed E-state index contributed by atoms with van der Waals surface area (Å²) in [6.45, 7) is 0. The number of benzene rings is 2. The number of aromatic amines is 1. The largest absolute Gasteiger partial charge is 0.338 e. The van der Waals surface area contributed by atoms with Gasteiger partial charge in [0.1, 0.15) is 5.82 Å². The molecule has 2 heteroatoms. The second-order valence-electron chi connectivity index (χ2n) is 3.88. The van der Waals surface area contributed by atoms with E-state index in [-0.39, 0.29) is 0 Å². The number of imidazole rings is 1. The molecular formula is C15H12N2. The summed E-state index contributed by atoms with van der Waals surface area (Å²) in [7, 11) is 0. The molecule has 1 N–H and O–H groups in total. The van der Waals surface area contributed by atoms with Crippen molar-refractivity contribution in [3.05, 3.63) is 66.0 Å². The third kappa shape index (κ3) is 2.11. The fourth-order valence-corrected chi connectivity index (χ4v) is 1.79. The van der Waals surface area contributed by atoms with Crippen molar-refractivity contribution in [2.75, 3.05) is 0 Å². The Morgan fingerprint density at radius 2 is 1.59 bits per heavy atom. The highest BCUT2D eigenvalue weighted by molar-refractivity contribution is 5.78. The molecule has 2 nitrogen and oxygen atoms in total. The molecule has 3 aromatic rings. The summed E-state index contributed by atoms with van der Waals surface area (Å²) in [4.78, 5) is 7.75. The SMILES string of the molecule is C(=C/c1nc2ccccc2[nH]1)/c1ccccc1. The quantitative estimate of drug-likeness (QED) is 0.700. The van der Waals surface area contributed by atoms with Gasteiger partial charge in [-0.2, -0.15) is 0 Å². The summed E-state index contributed by atoms with van der Waals surface area (Å²) in [6, 6.07) is 18.2. The maximum atomic E-state index is 4.49. The van der Waals surface area contributed by atoms with Gasteiger partial charge in [-0.05, 0) is 23.8 Å². The minimum absolute atomic E-state index is 0.884.